The summed E-state index contributed by atoms with van der Waals surface area (Å²) in [5, 5.41) is 19.4. The largest absolute Gasteiger partial charge is 0.450 e. The molecule has 1 rings (SSSR count). The Bertz CT molecular complexity index is 419. The third-order valence-electron chi connectivity index (χ3n) is 1.42. The van der Waals surface area contributed by atoms with Gasteiger partial charge in [0.2, 0.25) is 5.95 Å². The lowest BCUT2D eigenvalue weighted by atomic mass is 10.4. The van der Waals surface area contributed by atoms with Crippen molar-refractivity contribution in [2.75, 3.05) is 11.9 Å². The molecule has 1 amide bonds. The van der Waals surface area contributed by atoms with Gasteiger partial charge in [0.05, 0.1) is 6.61 Å². The highest BCUT2D eigenvalue weighted by Gasteiger charge is 2.11. The highest BCUT2D eigenvalue weighted by molar-refractivity contribution is 5.82. The van der Waals surface area contributed by atoms with Crippen molar-refractivity contribution in [3.8, 4) is 12.1 Å². The summed E-state index contributed by atoms with van der Waals surface area (Å²) in [5.41, 5.74) is -0.0615. The molecule has 0 aliphatic carbocycles. The maximum absolute atomic E-state index is 11.0. The fourth-order valence-corrected chi connectivity index (χ4v) is 0.858. The van der Waals surface area contributed by atoms with E-state index in [0.717, 1.165) is 0 Å². The molecule has 0 aromatic carbocycles. The topological polar surface area (TPSA) is 115 Å². The first-order chi connectivity index (χ1) is 7.21. The number of hydrogen-bond donors (Lipinski definition) is 2. The molecule has 0 saturated heterocycles. The van der Waals surface area contributed by atoms with Crippen LogP contribution in [0.5, 0.6) is 0 Å². The molecule has 0 aliphatic heterocycles. The van der Waals surface area contributed by atoms with Gasteiger partial charge in [-0.25, -0.2) is 9.78 Å². The molecule has 0 aliphatic rings. The lowest BCUT2D eigenvalue weighted by Gasteiger charge is -2.00. The lowest BCUT2D eigenvalue weighted by Crippen LogP contribution is -2.14. The first kappa shape index (κ1) is 10.5. The number of nitrogens with zero attached hydrogens (tertiary/aromatic N) is 3. The second kappa shape index (κ2) is 4.63. The average molecular weight is 205 g/mol. The maximum Gasteiger partial charge on any atom is 0.413 e. The van der Waals surface area contributed by atoms with Crippen molar-refractivity contribution in [1.82, 2.24) is 9.97 Å². The minimum Gasteiger partial charge on any atom is -0.450 e. The molecule has 7 heteroatoms. The molecule has 0 bridgehead atoms. The molecule has 76 valence electrons. The van der Waals surface area contributed by atoms with Crippen molar-refractivity contribution in [1.29, 1.82) is 10.5 Å². The van der Waals surface area contributed by atoms with Crippen LogP contribution in [0.4, 0.5) is 10.7 Å². The predicted octanol–water partition coefficient (Wildman–Crippen LogP) is 0.721. The molecule has 15 heavy (non-hydrogen) atoms. The van der Waals surface area contributed by atoms with E-state index in [-0.39, 0.29) is 23.9 Å². The first-order valence-corrected chi connectivity index (χ1v) is 4.05. The summed E-state index contributed by atoms with van der Waals surface area (Å²) in [7, 11) is 0. The van der Waals surface area contributed by atoms with Crippen LogP contribution in [0.25, 0.3) is 0 Å². The van der Waals surface area contributed by atoms with Gasteiger partial charge in [0.15, 0.2) is 11.4 Å². The van der Waals surface area contributed by atoms with Crippen molar-refractivity contribution < 1.29 is 9.53 Å². The quantitative estimate of drug-likeness (QED) is 0.738. The third-order valence-corrected chi connectivity index (χ3v) is 1.42. The molecule has 0 spiro atoms. The summed E-state index contributed by atoms with van der Waals surface area (Å²) in [5.74, 6) is 0.0153. The molecule has 1 aromatic heterocycles. The molecule has 7 nitrogen and oxygen atoms in total. The normalized spacial score (nSPS) is 8.73. The fraction of sp³-hybridized carbons (Fsp3) is 0.250. The van der Waals surface area contributed by atoms with E-state index in [9.17, 15) is 4.79 Å². The van der Waals surface area contributed by atoms with E-state index >= 15 is 0 Å². The zero-order chi connectivity index (χ0) is 11.3. The molecule has 1 heterocycles. The molecule has 0 fully saturated rings. The van der Waals surface area contributed by atoms with Gasteiger partial charge >= 0.3 is 6.09 Å². The minimum absolute atomic E-state index is 0.00398. The number of amides is 1. The number of carbonyl (C=O) groups excluding carboxylic acids is 1. The monoisotopic (exact) mass is 205 g/mol. The number of nitrogens with one attached hydrogen (secondary N) is 2. The van der Waals surface area contributed by atoms with Gasteiger partial charge in [-0.05, 0) is 6.92 Å². The number of ether oxygens (including phenoxy) is 1. The van der Waals surface area contributed by atoms with E-state index in [0.29, 0.717) is 0 Å². The standard InChI is InChI=1S/C8H7N5O2/c1-2-15-8(14)13-7-11-5(3-9)6(4-10)12-7/h2H2,1H3,(H2,11,12,13,14). The van der Waals surface area contributed by atoms with Gasteiger partial charge in [0, 0.05) is 0 Å². The van der Waals surface area contributed by atoms with Crippen molar-refractivity contribution in [2.24, 2.45) is 0 Å². The van der Waals surface area contributed by atoms with Crippen molar-refractivity contribution in [2.45, 2.75) is 6.92 Å². The summed E-state index contributed by atoms with van der Waals surface area (Å²) >= 11 is 0. The number of nitriles is 2. The van der Waals surface area contributed by atoms with Crippen LogP contribution in [0.3, 0.4) is 0 Å². The van der Waals surface area contributed by atoms with Gasteiger partial charge in [0.25, 0.3) is 0 Å². The number of hydrogen-bond acceptors (Lipinski definition) is 5. The van der Waals surface area contributed by atoms with Gasteiger partial charge < -0.3 is 9.72 Å². The van der Waals surface area contributed by atoms with Gasteiger partial charge in [-0.15, -0.1) is 0 Å². The van der Waals surface area contributed by atoms with Gasteiger partial charge in [-0.1, -0.05) is 0 Å². The predicted molar refractivity (Wildman–Crippen MR) is 48.7 cm³/mol. The number of imidazole rings is 1. The van der Waals surface area contributed by atoms with Crippen LogP contribution < -0.4 is 5.32 Å². The smallest absolute Gasteiger partial charge is 0.413 e. The summed E-state index contributed by atoms with van der Waals surface area (Å²) in [6, 6.07) is 3.45. The van der Waals surface area contributed by atoms with Gasteiger partial charge in [0.1, 0.15) is 12.1 Å². The highest BCUT2D eigenvalue weighted by Crippen LogP contribution is 2.07. The fourth-order valence-electron chi connectivity index (χ4n) is 0.858. The zero-order valence-electron chi connectivity index (χ0n) is 7.87. The van der Waals surface area contributed by atoms with Crippen LogP contribution in [0.1, 0.15) is 18.3 Å². The van der Waals surface area contributed by atoms with Crippen molar-refractivity contribution in [3.05, 3.63) is 11.4 Å². The third kappa shape index (κ3) is 2.45. The molecular weight excluding hydrogens is 198 g/mol. The number of aromatic amines is 1. The Morgan fingerprint density at radius 2 is 2.33 bits per heavy atom. The van der Waals surface area contributed by atoms with E-state index in [1.54, 1.807) is 19.1 Å². The number of H-pyrrole nitrogens is 1. The molecule has 1 aromatic rings. The van der Waals surface area contributed by atoms with E-state index in [4.69, 9.17) is 10.5 Å². The Hall–Kier alpha value is -2.54. The summed E-state index contributed by atoms with van der Waals surface area (Å²) < 4.78 is 4.59. The van der Waals surface area contributed by atoms with Crippen LogP contribution >= 0.6 is 0 Å². The summed E-state index contributed by atoms with van der Waals surface area (Å²) in [6.45, 7) is 1.88. The van der Waals surface area contributed by atoms with Crippen LogP contribution in [0, 0.1) is 22.7 Å². The maximum atomic E-state index is 11.0. The van der Waals surface area contributed by atoms with Crippen molar-refractivity contribution >= 4 is 12.0 Å². The highest BCUT2D eigenvalue weighted by atomic mass is 16.5. The molecule has 0 radical (unpaired) electrons. The molecule has 2 N–H and O–H groups in total. The summed E-state index contributed by atoms with van der Waals surface area (Å²) in [6.07, 6.45) is -0.694. The van der Waals surface area contributed by atoms with E-state index < -0.39 is 6.09 Å². The first-order valence-electron chi connectivity index (χ1n) is 4.05. The van der Waals surface area contributed by atoms with Crippen LogP contribution in [-0.2, 0) is 4.74 Å². The lowest BCUT2D eigenvalue weighted by molar-refractivity contribution is 0.167. The summed E-state index contributed by atoms with van der Waals surface area (Å²) in [4.78, 5) is 17.1. The van der Waals surface area contributed by atoms with E-state index in [1.807, 2.05) is 0 Å². The van der Waals surface area contributed by atoms with Gasteiger partial charge in [-0.2, -0.15) is 10.5 Å². The number of carbonyl (C=O) groups is 1. The zero-order valence-corrected chi connectivity index (χ0v) is 7.87. The number of aromatic nitrogens is 2. The van der Waals surface area contributed by atoms with Crippen LogP contribution in [0.15, 0.2) is 0 Å². The number of anilines is 1. The SMILES string of the molecule is CCOC(=O)Nc1nc(C#N)c(C#N)[nH]1. The Labute approximate surface area is 85.3 Å². The van der Waals surface area contributed by atoms with Crippen LogP contribution in [-0.4, -0.2) is 22.7 Å². The number of rotatable bonds is 2. The Morgan fingerprint density at radius 3 is 2.80 bits per heavy atom. The van der Waals surface area contributed by atoms with Crippen LogP contribution in [0.2, 0.25) is 0 Å². The second-order valence-corrected chi connectivity index (χ2v) is 2.38. The van der Waals surface area contributed by atoms with Gasteiger partial charge in [-0.3, -0.25) is 5.32 Å². The average Bonchev–Trinajstić information content (AvgIpc) is 2.60. The Kier molecular flexibility index (Phi) is 3.25. The Morgan fingerprint density at radius 1 is 1.60 bits per heavy atom. The molecule has 0 unspecified atom stereocenters. The Balaban J connectivity index is 2.81. The molecule has 0 atom stereocenters. The molecular formula is C8H7N5O2. The minimum atomic E-state index is -0.694. The second-order valence-electron chi connectivity index (χ2n) is 2.38. The van der Waals surface area contributed by atoms with Crippen molar-refractivity contribution in [3.63, 3.8) is 0 Å². The van der Waals surface area contributed by atoms with E-state index in [2.05, 4.69) is 20.0 Å². The van der Waals surface area contributed by atoms with E-state index in [1.165, 1.54) is 0 Å². The molecule has 0 saturated carbocycles.